The number of nitrogens with one attached hydrogen (secondary N) is 1. The van der Waals surface area contributed by atoms with E-state index in [4.69, 9.17) is 0 Å². The maximum Gasteiger partial charge on any atom is 0.164 e. The Kier molecular flexibility index (Phi) is 5.53. The molecule has 1 aliphatic heterocycles. The Labute approximate surface area is 116 Å². The van der Waals surface area contributed by atoms with Crippen molar-refractivity contribution >= 4 is 21.6 Å². The first-order valence-electron chi connectivity index (χ1n) is 6.38. The molecule has 0 radical (unpaired) electrons. The van der Waals surface area contributed by atoms with Crippen LogP contribution in [0.25, 0.3) is 0 Å². The van der Waals surface area contributed by atoms with E-state index in [1.54, 1.807) is 11.8 Å². The second-order valence-corrected chi connectivity index (χ2v) is 9.43. The highest BCUT2D eigenvalue weighted by molar-refractivity contribution is 8.00. The van der Waals surface area contributed by atoms with E-state index in [1.165, 1.54) is 6.26 Å². The highest BCUT2D eigenvalue weighted by atomic mass is 32.2. The van der Waals surface area contributed by atoms with Gasteiger partial charge in [-0.25, -0.2) is 8.42 Å². The van der Waals surface area contributed by atoms with Crippen LogP contribution in [0.15, 0.2) is 0 Å². The number of nitrogens with zero attached hydrogens (tertiary/aromatic N) is 1. The number of rotatable bonds is 4. The predicted octanol–water partition coefficient (Wildman–Crippen LogP) is 1.18. The molecule has 0 aliphatic carbocycles. The SMILES string of the molecule is CC(CNC(C)(C)C)N1CCSCC1S(C)(=O)=O. The Morgan fingerprint density at radius 1 is 1.44 bits per heavy atom. The lowest BCUT2D eigenvalue weighted by Crippen LogP contribution is -2.55. The van der Waals surface area contributed by atoms with E-state index in [9.17, 15) is 8.42 Å². The van der Waals surface area contributed by atoms with Crippen LogP contribution in [0.3, 0.4) is 0 Å². The van der Waals surface area contributed by atoms with Crippen molar-refractivity contribution in [1.82, 2.24) is 10.2 Å². The summed E-state index contributed by atoms with van der Waals surface area (Å²) in [6.45, 7) is 10.2. The van der Waals surface area contributed by atoms with Gasteiger partial charge in [-0.1, -0.05) is 0 Å². The van der Waals surface area contributed by atoms with Gasteiger partial charge in [0.2, 0.25) is 0 Å². The minimum Gasteiger partial charge on any atom is -0.311 e. The number of hydrogen-bond donors (Lipinski definition) is 1. The highest BCUT2D eigenvalue weighted by Gasteiger charge is 2.33. The zero-order valence-electron chi connectivity index (χ0n) is 12.1. The van der Waals surface area contributed by atoms with Gasteiger partial charge in [0.25, 0.3) is 0 Å². The standard InChI is InChI=1S/C12H26N2O2S2/c1-10(8-13-12(2,3)4)14-6-7-17-9-11(14)18(5,15)16/h10-11,13H,6-9H2,1-5H3. The number of thioether (sulfide) groups is 1. The average Bonchev–Trinajstić information content (AvgIpc) is 2.24. The fraction of sp³-hybridized carbons (Fsp3) is 1.00. The van der Waals surface area contributed by atoms with E-state index in [2.05, 4.69) is 37.9 Å². The first kappa shape index (κ1) is 16.3. The average molecular weight is 294 g/mol. The minimum atomic E-state index is -3.00. The van der Waals surface area contributed by atoms with Crippen LogP contribution in [-0.4, -0.2) is 61.1 Å². The molecule has 1 saturated heterocycles. The summed E-state index contributed by atoms with van der Waals surface area (Å²) in [6, 6.07) is 0.241. The van der Waals surface area contributed by atoms with Gasteiger partial charge in [-0.15, -0.1) is 0 Å². The van der Waals surface area contributed by atoms with E-state index in [0.29, 0.717) is 5.75 Å². The molecule has 0 amide bonds. The fourth-order valence-electron chi connectivity index (χ4n) is 2.04. The lowest BCUT2D eigenvalue weighted by molar-refractivity contribution is 0.191. The van der Waals surface area contributed by atoms with Crippen molar-refractivity contribution in [3.05, 3.63) is 0 Å². The summed E-state index contributed by atoms with van der Waals surface area (Å²) in [5.74, 6) is 1.71. The molecule has 108 valence electrons. The Morgan fingerprint density at radius 2 is 2.06 bits per heavy atom. The molecule has 1 aliphatic rings. The van der Waals surface area contributed by atoms with E-state index >= 15 is 0 Å². The molecule has 2 unspecified atom stereocenters. The van der Waals surface area contributed by atoms with Gasteiger partial charge in [-0.05, 0) is 27.7 Å². The minimum absolute atomic E-state index is 0.0688. The molecule has 6 heteroatoms. The van der Waals surface area contributed by atoms with E-state index < -0.39 is 9.84 Å². The smallest absolute Gasteiger partial charge is 0.164 e. The van der Waals surface area contributed by atoms with Crippen molar-refractivity contribution < 1.29 is 8.42 Å². The molecule has 0 bridgehead atoms. The topological polar surface area (TPSA) is 49.4 Å². The van der Waals surface area contributed by atoms with Crippen LogP contribution in [0.2, 0.25) is 0 Å². The van der Waals surface area contributed by atoms with Crippen LogP contribution in [-0.2, 0) is 9.84 Å². The lowest BCUT2D eigenvalue weighted by Gasteiger charge is -2.39. The van der Waals surface area contributed by atoms with E-state index in [0.717, 1.165) is 18.8 Å². The van der Waals surface area contributed by atoms with Crippen LogP contribution in [0.1, 0.15) is 27.7 Å². The molecule has 2 atom stereocenters. The fourth-order valence-corrected chi connectivity index (χ4v) is 5.02. The van der Waals surface area contributed by atoms with Gasteiger partial charge in [0.05, 0.1) is 0 Å². The summed E-state index contributed by atoms with van der Waals surface area (Å²) in [7, 11) is -3.00. The van der Waals surface area contributed by atoms with Crippen LogP contribution in [0.4, 0.5) is 0 Å². The first-order chi connectivity index (χ1) is 8.11. The number of hydrogen-bond acceptors (Lipinski definition) is 5. The predicted molar refractivity (Wildman–Crippen MR) is 79.9 cm³/mol. The highest BCUT2D eigenvalue weighted by Crippen LogP contribution is 2.22. The van der Waals surface area contributed by atoms with Crippen molar-refractivity contribution in [2.24, 2.45) is 0 Å². The maximum absolute atomic E-state index is 11.8. The van der Waals surface area contributed by atoms with Gasteiger partial charge in [-0.3, -0.25) is 4.90 Å². The molecule has 1 N–H and O–H groups in total. The maximum atomic E-state index is 11.8. The third-order valence-electron chi connectivity index (χ3n) is 3.11. The van der Waals surface area contributed by atoms with Crippen LogP contribution >= 0.6 is 11.8 Å². The van der Waals surface area contributed by atoms with Gasteiger partial charge in [0, 0.05) is 42.4 Å². The molecular weight excluding hydrogens is 268 g/mol. The summed E-state index contributed by atoms with van der Waals surface area (Å²) in [5.41, 5.74) is 0.0688. The molecule has 0 saturated carbocycles. The molecule has 4 nitrogen and oxygen atoms in total. The van der Waals surface area contributed by atoms with Crippen LogP contribution < -0.4 is 5.32 Å². The van der Waals surface area contributed by atoms with Gasteiger partial charge < -0.3 is 5.32 Å². The first-order valence-corrected chi connectivity index (χ1v) is 9.49. The van der Waals surface area contributed by atoms with Crippen molar-refractivity contribution in [1.29, 1.82) is 0 Å². The molecule has 0 aromatic heterocycles. The van der Waals surface area contributed by atoms with Gasteiger partial charge >= 0.3 is 0 Å². The lowest BCUT2D eigenvalue weighted by atomic mass is 10.1. The van der Waals surface area contributed by atoms with Crippen LogP contribution in [0, 0.1) is 0 Å². The Hall–Kier alpha value is 0.220. The largest absolute Gasteiger partial charge is 0.311 e. The normalized spacial score (nSPS) is 25.1. The molecule has 0 aromatic rings. The zero-order valence-corrected chi connectivity index (χ0v) is 13.7. The zero-order chi connectivity index (χ0) is 14.0. The van der Waals surface area contributed by atoms with Crippen molar-refractivity contribution in [3.63, 3.8) is 0 Å². The molecule has 1 fully saturated rings. The summed E-state index contributed by atoms with van der Waals surface area (Å²) in [4.78, 5) is 2.13. The third kappa shape index (κ3) is 5.07. The van der Waals surface area contributed by atoms with E-state index in [-0.39, 0.29) is 17.0 Å². The summed E-state index contributed by atoms with van der Waals surface area (Å²) in [6.07, 6.45) is 1.35. The van der Waals surface area contributed by atoms with Crippen LogP contribution in [0.5, 0.6) is 0 Å². The summed E-state index contributed by atoms with van der Waals surface area (Å²) in [5, 5.41) is 3.12. The molecular formula is C12H26N2O2S2. The van der Waals surface area contributed by atoms with Crippen molar-refractivity contribution in [3.8, 4) is 0 Å². The Bertz CT molecular complexity index is 363. The molecule has 0 spiro atoms. The monoisotopic (exact) mass is 294 g/mol. The summed E-state index contributed by atoms with van der Waals surface area (Å²) >= 11 is 1.73. The molecule has 1 heterocycles. The van der Waals surface area contributed by atoms with Gasteiger partial charge in [0.1, 0.15) is 5.37 Å². The molecule has 18 heavy (non-hydrogen) atoms. The Morgan fingerprint density at radius 3 is 2.56 bits per heavy atom. The van der Waals surface area contributed by atoms with Crippen molar-refractivity contribution in [2.45, 2.75) is 44.6 Å². The second kappa shape index (κ2) is 6.11. The van der Waals surface area contributed by atoms with Crippen molar-refractivity contribution in [2.75, 3.05) is 30.9 Å². The van der Waals surface area contributed by atoms with E-state index in [1.807, 2.05) is 0 Å². The summed E-state index contributed by atoms with van der Waals surface area (Å²) < 4.78 is 23.7. The van der Waals surface area contributed by atoms with Gasteiger partial charge in [0.15, 0.2) is 9.84 Å². The Balaban J connectivity index is 2.66. The quantitative estimate of drug-likeness (QED) is 0.844. The molecule has 0 aromatic carbocycles. The third-order valence-corrected chi connectivity index (χ3v) is 5.77. The number of sulfone groups is 1. The molecule has 1 rings (SSSR count). The second-order valence-electron chi connectivity index (χ2n) is 6.08. The van der Waals surface area contributed by atoms with Gasteiger partial charge in [-0.2, -0.15) is 11.8 Å².